The molecule has 1 amide bonds. The largest absolute Gasteiger partial charge is 0.304 e. The van der Waals surface area contributed by atoms with E-state index in [1.54, 1.807) is 10.7 Å². The highest BCUT2D eigenvalue weighted by Gasteiger charge is 2.18. The summed E-state index contributed by atoms with van der Waals surface area (Å²) in [4.78, 5) is 12.7. The van der Waals surface area contributed by atoms with Gasteiger partial charge in [-0.15, -0.1) is 0 Å². The highest BCUT2D eigenvalue weighted by molar-refractivity contribution is 6.03. The fraction of sp³-hybridized carbons (Fsp3) is 0.0952. The van der Waals surface area contributed by atoms with Crippen molar-refractivity contribution in [2.24, 2.45) is 0 Å². The molecule has 0 unspecified atom stereocenters. The Morgan fingerprint density at radius 2 is 1.66 bits per heavy atom. The van der Waals surface area contributed by atoms with Crippen LogP contribution in [-0.4, -0.2) is 31.9 Å². The molecule has 1 N–H and O–H groups in total. The molecule has 146 valence electrons. The van der Waals surface area contributed by atoms with Crippen molar-refractivity contribution in [1.29, 1.82) is 0 Å². The van der Waals surface area contributed by atoms with E-state index in [4.69, 9.17) is 0 Å². The second kappa shape index (κ2) is 8.05. The van der Waals surface area contributed by atoms with E-state index in [0.29, 0.717) is 0 Å². The molecular formula is C21H17F2N5O. The topological polar surface area (TPSA) is 64.7 Å². The highest BCUT2D eigenvalue weighted by atomic mass is 19.3. The Kier molecular flexibility index (Phi) is 5.15. The number of rotatable bonds is 6. The molecule has 29 heavy (non-hydrogen) atoms. The Hall–Kier alpha value is -3.81. The van der Waals surface area contributed by atoms with Crippen molar-refractivity contribution in [3.05, 3.63) is 84.7 Å². The van der Waals surface area contributed by atoms with E-state index >= 15 is 0 Å². The van der Waals surface area contributed by atoms with Gasteiger partial charge in [0.1, 0.15) is 6.54 Å². The first-order valence-corrected chi connectivity index (χ1v) is 8.94. The fourth-order valence-corrected chi connectivity index (χ4v) is 2.92. The molecule has 4 aromatic rings. The van der Waals surface area contributed by atoms with E-state index in [1.165, 1.54) is 12.3 Å². The van der Waals surface area contributed by atoms with Crippen LogP contribution in [0, 0.1) is 0 Å². The number of amides is 1. The van der Waals surface area contributed by atoms with Gasteiger partial charge in [0.25, 0.3) is 12.3 Å². The van der Waals surface area contributed by atoms with Crippen LogP contribution in [0.3, 0.4) is 0 Å². The molecule has 0 saturated heterocycles. The van der Waals surface area contributed by atoms with Crippen molar-refractivity contribution < 1.29 is 13.6 Å². The van der Waals surface area contributed by atoms with Crippen LogP contribution in [0.1, 0.15) is 10.5 Å². The minimum Gasteiger partial charge on any atom is -0.304 e. The number of halogens is 2. The molecule has 0 aliphatic heterocycles. The van der Waals surface area contributed by atoms with Gasteiger partial charge in [0.2, 0.25) is 0 Å². The van der Waals surface area contributed by atoms with Crippen LogP contribution >= 0.6 is 0 Å². The zero-order valence-electron chi connectivity index (χ0n) is 15.2. The smallest absolute Gasteiger partial charge is 0.277 e. The van der Waals surface area contributed by atoms with Crippen LogP contribution in [0.5, 0.6) is 0 Å². The molecule has 6 nitrogen and oxygen atoms in total. The summed E-state index contributed by atoms with van der Waals surface area (Å²) in [6, 6.07) is 22.2. The fourth-order valence-electron chi connectivity index (χ4n) is 2.92. The van der Waals surface area contributed by atoms with Gasteiger partial charge >= 0.3 is 0 Å². The summed E-state index contributed by atoms with van der Waals surface area (Å²) >= 11 is 0. The first-order valence-electron chi connectivity index (χ1n) is 8.94. The Labute approximate surface area is 165 Å². The van der Waals surface area contributed by atoms with E-state index in [-0.39, 0.29) is 11.5 Å². The molecule has 0 atom stereocenters. The van der Waals surface area contributed by atoms with Gasteiger partial charge in [0.05, 0.1) is 11.4 Å². The van der Waals surface area contributed by atoms with E-state index in [2.05, 4.69) is 15.5 Å². The molecule has 0 aliphatic rings. The number of anilines is 1. The van der Waals surface area contributed by atoms with E-state index < -0.39 is 18.9 Å². The molecular weight excluding hydrogens is 376 g/mol. The molecule has 2 aromatic heterocycles. The Morgan fingerprint density at radius 3 is 2.34 bits per heavy atom. The zero-order valence-corrected chi connectivity index (χ0v) is 15.2. The first-order chi connectivity index (χ1) is 14.1. The van der Waals surface area contributed by atoms with Gasteiger partial charge in [0, 0.05) is 17.8 Å². The van der Waals surface area contributed by atoms with Crippen molar-refractivity contribution in [2.75, 3.05) is 5.32 Å². The number of aromatic nitrogens is 4. The Balaban J connectivity index is 1.65. The van der Waals surface area contributed by atoms with E-state index in [0.717, 1.165) is 21.6 Å². The van der Waals surface area contributed by atoms with Crippen LogP contribution in [0.25, 0.3) is 16.9 Å². The number of hydrogen-bond acceptors (Lipinski definition) is 3. The lowest BCUT2D eigenvalue weighted by molar-refractivity contribution is 0.102. The number of benzene rings is 2. The molecule has 0 aliphatic carbocycles. The number of nitrogens with one attached hydrogen (secondary N) is 1. The van der Waals surface area contributed by atoms with Gasteiger partial charge < -0.3 is 5.32 Å². The lowest BCUT2D eigenvalue weighted by atomic mass is 10.1. The Morgan fingerprint density at radius 1 is 0.966 bits per heavy atom. The summed E-state index contributed by atoms with van der Waals surface area (Å²) in [7, 11) is 0. The molecule has 0 saturated carbocycles. The van der Waals surface area contributed by atoms with Gasteiger partial charge in [-0.3, -0.25) is 9.48 Å². The maximum atomic E-state index is 12.7. The number of alkyl halides is 2. The standard InChI is InChI=1S/C21H17F2N5O/c22-19(23)14-27-12-11-20(26-27)24-21(29)17-13-18(15-7-3-1-4-8-15)28(25-17)16-9-5-2-6-10-16/h1-13,19H,14H2,(H,24,26,29). The molecule has 2 aromatic carbocycles. The van der Waals surface area contributed by atoms with Crippen LogP contribution in [-0.2, 0) is 6.54 Å². The van der Waals surface area contributed by atoms with Gasteiger partial charge in [-0.05, 0) is 18.2 Å². The van der Waals surface area contributed by atoms with Crippen molar-refractivity contribution in [3.8, 4) is 16.9 Å². The summed E-state index contributed by atoms with van der Waals surface area (Å²) < 4.78 is 27.7. The van der Waals surface area contributed by atoms with E-state index in [1.807, 2.05) is 60.7 Å². The normalized spacial score (nSPS) is 11.0. The zero-order chi connectivity index (χ0) is 20.2. The average Bonchev–Trinajstić information content (AvgIpc) is 3.36. The van der Waals surface area contributed by atoms with Crippen LogP contribution in [0.15, 0.2) is 79.0 Å². The quantitative estimate of drug-likeness (QED) is 0.533. The third kappa shape index (κ3) is 4.21. The van der Waals surface area contributed by atoms with Gasteiger partial charge in [-0.1, -0.05) is 48.5 Å². The third-order valence-corrected chi connectivity index (χ3v) is 4.22. The summed E-state index contributed by atoms with van der Waals surface area (Å²) in [5, 5.41) is 11.0. The molecule has 4 rings (SSSR count). The summed E-state index contributed by atoms with van der Waals surface area (Å²) in [6.45, 7) is -0.531. The lowest BCUT2D eigenvalue weighted by Crippen LogP contribution is -2.14. The van der Waals surface area contributed by atoms with Crippen LogP contribution in [0.2, 0.25) is 0 Å². The lowest BCUT2D eigenvalue weighted by Gasteiger charge is -2.07. The van der Waals surface area contributed by atoms with Gasteiger partial charge in [-0.25, -0.2) is 13.5 Å². The number of para-hydroxylation sites is 1. The third-order valence-electron chi connectivity index (χ3n) is 4.22. The number of hydrogen-bond donors (Lipinski definition) is 1. The predicted molar refractivity (Wildman–Crippen MR) is 105 cm³/mol. The maximum absolute atomic E-state index is 12.7. The molecule has 2 heterocycles. The molecule has 0 fully saturated rings. The second-order valence-electron chi connectivity index (χ2n) is 6.30. The van der Waals surface area contributed by atoms with Crippen molar-refractivity contribution in [1.82, 2.24) is 19.6 Å². The number of carbonyl (C=O) groups excluding carboxylic acids is 1. The second-order valence-corrected chi connectivity index (χ2v) is 6.30. The number of carbonyl (C=O) groups is 1. The molecule has 0 spiro atoms. The van der Waals surface area contributed by atoms with Crippen molar-refractivity contribution >= 4 is 11.7 Å². The maximum Gasteiger partial charge on any atom is 0.277 e. The summed E-state index contributed by atoms with van der Waals surface area (Å²) in [6.07, 6.45) is -1.13. The number of nitrogens with zero attached hydrogens (tertiary/aromatic N) is 4. The molecule has 8 heteroatoms. The average molecular weight is 393 g/mol. The highest BCUT2D eigenvalue weighted by Crippen LogP contribution is 2.24. The minimum absolute atomic E-state index is 0.186. The van der Waals surface area contributed by atoms with Gasteiger partial charge in [-0.2, -0.15) is 10.2 Å². The SMILES string of the molecule is O=C(Nc1ccn(CC(F)F)n1)c1cc(-c2ccccc2)n(-c2ccccc2)n1. The molecule has 0 radical (unpaired) electrons. The minimum atomic E-state index is -2.52. The van der Waals surface area contributed by atoms with Gasteiger partial charge in [0.15, 0.2) is 11.5 Å². The van der Waals surface area contributed by atoms with Crippen LogP contribution < -0.4 is 5.32 Å². The first kappa shape index (κ1) is 18.5. The van der Waals surface area contributed by atoms with Crippen LogP contribution in [0.4, 0.5) is 14.6 Å². The Bertz CT molecular complexity index is 1050. The van der Waals surface area contributed by atoms with Crippen molar-refractivity contribution in [3.63, 3.8) is 0 Å². The molecule has 0 bridgehead atoms. The summed E-state index contributed by atoms with van der Waals surface area (Å²) in [5.74, 6) is -0.287. The monoisotopic (exact) mass is 393 g/mol. The van der Waals surface area contributed by atoms with Crippen molar-refractivity contribution in [2.45, 2.75) is 13.0 Å². The summed E-state index contributed by atoms with van der Waals surface area (Å²) in [5.41, 5.74) is 2.66. The van der Waals surface area contributed by atoms with E-state index in [9.17, 15) is 13.6 Å². The predicted octanol–water partition coefficient (Wildman–Crippen LogP) is 4.25.